The van der Waals surface area contributed by atoms with Crippen LogP contribution in [0.5, 0.6) is 0 Å². The molecular formula is C9H14O. The highest BCUT2D eigenvalue weighted by molar-refractivity contribution is 5.86. The lowest BCUT2D eigenvalue weighted by atomic mass is 9.79. The third kappa shape index (κ3) is 1.13. The summed E-state index contributed by atoms with van der Waals surface area (Å²) in [7, 11) is 0. The zero-order valence-electron chi connectivity index (χ0n) is 6.68. The van der Waals surface area contributed by atoms with Gasteiger partial charge in [-0.1, -0.05) is 26.0 Å². The molecule has 2 atom stereocenters. The van der Waals surface area contributed by atoms with E-state index in [2.05, 4.69) is 6.58 Å². The van der Waals surface area contributed by atoms with Crippen molar-refractivity contribution in [3.8, 4) is 0 Å². The molecule has 0 amide bonds. The molecule has 1 nitrogen and oxygen atoms in total. The quantitative estimate of drug-likeness (QED) is 0.469. The molecule has 1 aliphatic carbocycles. The van der Waals surface area contributed by atoms with Crippen molar-refractivity contribution in [2.45, 2.75) is 26.7 Å². The maximum atomic E-state index is 11.3. The summed E-state index contributed by atoms with van der Waals surface area (Å²) in [4.78, 5) is 11.3. The first kappa shape index (κ1) is 7.52. The second kappa shape index (κ2) is 2.57. The van der Waals surface area contributed by atoms with Gasteiger partial charge in [0, 0.05) is 11.8 Å². The Kier molecular flexibility index (Phi) is 1.93. The summed E-state index contributed by atoms with van der Waals surface area (Å²) in [5, 5.41) is 0. The highest BCUT2D eigenvalue weighted by atomic mass is 16.1. The second-order valence-corrected chi connectivity index (χ2v) is 3.22. The van der Waals surface area contributed by atoms with Crippen molar-refractivity contribution in [1.82, 2.24) is 0 Å². The number of carbonyl (C=O) groups is 1. The second-order valence-electron chi connectivity index (χ2n) is 3.22. The molecule has 0 saturated heterocycles. The Bertz CT molecular complexity index is 170. The lowest BCUT2D eigenvalue weighted by Crippen LogP contribution is -2.25. The van der Waals surface area contributed by atoms with E-state index < -0.39 is 0 Å². The predicted octanol–water partition coefficient (Wildman–Crippen LogP) is 2.18. The largest absolute Gasteiger partial charge is 0.299 e. The fourth-order valence-corrected chi connectivity index (χ4v) is 1.39. The molecule has 1 heteroatoms. The number of Topliss-reactive ketones (excluding diaryl/α,β-unsaturated/α-hetero) is 1. The van der Waals surface area contributed by atoms with Crippen molar-refractivity contribution >= 4 is 5.78 Å². The maximum Gasteiger partial charge on any atom is 0.142 e. The first-order valence-corrected chi connectivity index (χ1v) is 3.84. The summed E-state index contributed by atoms with van der Waals surface area (Å²) in [5.74, 6) is 0.750. The van der Waals surface area contributed by atoms with Crippen LogP contribution in [0.15, 0.2) is 12.2 Å². The van der Waals surface area contributed by atoms with Crippen LogP contribution in [0.25, 0.3) is 0 Å². The molecule has 56 valence electrons. The summed E-state index contributed by atoms with van der Waals surface area (Å²) < 4.78 is 0. The lowest BCUT2D eigenvalue weighted by molar-refractivity contribution is -0.126. The molecule has 10 heavy (non-hydrogen) atoms. The fourth-order valence-electron chi connectivity index (χ4n) is 1.39. The van der Waals surface area contributed by atoms with Crippen LogP contribution in [0.1, 0.15) is 26.7 Å². The summed E-state index contributed by atoms with van der Waals surface area (Å²) >= 11 is 0. The number of allylic oxidation sites excluding steroid dienone is 1. The first-order chi connectivity index (χ1) is 4.63. The Labute approximate surface area is 62.1 Å². The van der Waals surface area contributed by atoms with E-state index in [9.17, 15) is 4.79 Å². The highest BCUT2D eigenvalue weighted by Gasteiger charge is 2.26. The van der Waals surface area contributed by atoms with Gasteiger partial charge in [0.15, 0.2) is 0 Å². The van der Waals surface area contributed by atoms with E-state index in [1.807, 2.05) is 13.8 Å². The van der Waals surface area contributed by atoms with Crippen LogP contribution in [-0.2, 0) is 4.79 Å². The minimum Gasteiger partial charge on any atom is -0.299 e. The minimum absolute atomic E-state index is 0.115. The van der Waals surface area contributed by atoms with Gasteiger partial charge in [-0.05, 0) is 12.8 Å². The standard InChI is InChI=1S/C9H14O/c1-6-4-5-7(2)9(10)8(6)3/h7-8H,1,4-5H2,2-3H3. The third-order valence-corrected chi connectivity index (χ3v) is 2.42. The van der Waals surface area contributed by atoms with E-state index in [1.54, 1.807) is 0 Å². The molecule has 0 aromatic rings. The Morgan fingerprint density at radius 2 is 2.10 bits per heavy atom. The molecule has 1 aliphatic rings. The van der Waals surface area contributed by atoms with Gasteiger partial charge < -0.3 is 0 Å². The average molecular weight is 138 g/mol. The third-order valence-electron chi connectivity index (χ3n) is 2.42. The van der Waals surface area contributed by atoms with Crippen molar-refractivity contribution in [1.29, 1.82) is 0 Å². The van der Waals surface area contributed by atoms with Gasteiger partial charge in [0.25, 0.3) is 0 Å². The molecule has 0 bridgehead atoms. The normalized spacial score (nSPS) is 34.6. The van der Waals surface area contributed by atoms with Crippen LogP contribution in [0.2, 0.25) is 0 Å². The Hall–Kier alpha value is -0.590. The van der Waals surface area contributed by atoms with Gasteiger partial charge in [-0.15, -0.1) is 0 Å². The molecule has 1 saturated carbocycles. The monoisotopic (exact) mass is 138 g/mol. The van der Waals surface area contributed by atoms with Crippen molar-refractivity contribution < 1.29 is 4.79 Å². The minimum atomic E-state index is 0.115. The predicted molar refractivity (Wildman–Crippen MR) is 41.7 cm³/mol. The van der Waals surface area contributed by atoms with Crippen molar-refractivity contribution in [3.63, 3.8) is 0 Å². The van der Waals surface area contributed by atoms with Crippen LogP contribution >= 0.6 is 0 Å². The highest BCUT2D eigenvalue weighted by Crippen LogP contribution is 2.28. The van der Waals surface area contributed by atoms with E-state index in [1.165, 1.54) is 0 Å². The molecule has 0 N–H and O–H groups in total. The van der Waals surface area contributed by atoms with Crippen LogP contribution in [0.4, 0.5) is 0 Å². The zero-order valence-corrected chi connectivity index (χ0v) is 6.68. The zero-order chi connectivity index (χ0) is 7.72. The Morgan fingerprint density at radius 3 is 2.60 bits per heavy atom. The van der Waals surface area contributed by atoms with Gasteiger partial charge in [0.1, 0.15) is 5.78 Å². The van der Waals surface area contributed by atoms with Crippen LogP contribution in [0, 0.1) is 11.8 Å². The summed E-state index contributed by atoms with van der Waals surface area (Å²) in [6.45, 7) is 7.82. The molecule has 1 rings (SSSR count). The number of hydrogen-bond acceptors (Lipinski definition) is 1. The average Bonchev–Trinajstić information content (AvgIpc) is 1.93. The van der Waals surface area contributed by atoms with Gasteiger partial charge in [0.05, 0.1) is 0 Å². The molecule has 0 aromatic carbocycles. The van der Waals surface area contributed by atoms with E-state index in [0.717, 1.165) is 18.4 Å². The van der Waals surface area contributed by atoms with Crippen LogP contribution < -0.4 is 0 Å². The molecule has 2 unspecified atom stereocenters. The smallest absolute Gasteiger partial charge is 0.142 e. The SMILES string of the molecule is C=C1CCC(C)C(=O)C1C. The van der Waals surface area contributed by atoms with Crippen LogP contribution in [-0.4, -0.2) is 5.78 Å². The van der Waals surface area contributed by atoms with Crippen LogP contribution in [0.3, 0.4) is 0 Å². The van der Waals surface area contributed by atoms with Crippen molar-refractivity contribution in [2.75, 3.05) is 0 Å². The van der Waals surface area contributed by atoms with Gasteiger partial charge >= 0.3 is 0 Å². The van der Waals surface area contributed by atoms with Gasteiger partial charge in [-0.3, -0.25) is 4.79 Å². The molecular weight excluding hydrogens is 124 g/mol. The lowest BCUT2D eigenvalue weighted by Gasteiger charge is -2.24. The Balaban J connectivity index is 2.70. The van der Waals surface area contributed by atoms with Gasteiger partial charge in [-0.25, -0.2) is 0 Å². The molecule has 0 radical (unpaired) electrons. The van der Waals surface area contributed by atoms with E-state index in [0.29, 0.717) is 5.78 Å². The van der Waals surface area contributed by atoms with Gasteiger partial charge in [-0.2, -0.15) is 0 Å². The number of hydrogen-bond donors (Lipinski definition) is 0. The summed E-state index contributed by atoms with van der Waals surface area (Å²) in [5.41, 5.74) is 1.11. The van der Waals surface area contributed by atoms with E-state index in [-0.39, 0.29) is 11.8 Å². The topological polar surface area (TPSA) is 17.1 Å². The summed E-state index contributed by atoms with van der Waals surface area (Å²) in [6.07, 6.45) is 2.04. The summed E-state index contributed by atoms with van der Waals surface area (Å²) in [6, 6.07) is 0. The van der Waals surface area contributed by atoms with E-state index in [4.69, 9.17) is 0 Å². The molecule has 0 aromatic heterocycles. The molecule has 0 spiro atoms. The number of rotatable bonds is 0. The van der Waals surface area contributed by atoms with Crippen molar-refractivity contribution in [2.24, 2.45) is 11.8 Å². The van der Waals surface area contributed by atoms with Gasteiger partial charge in [0.2, 0.25) is 0 Å². The van der Waals surface area contributed by atoms with Crippen molar-refractivity contribution in [3.05, 3.63) is 12.2 Å². The molecule has 1 fully saturated rings. The number of carbonyl (C=O) groups excluding carboxylic acids is 1. The van der Waals surface area contributed by atoms with E-state index >= 15 is 0 Å². The molecule has 0 heterocycles. The Morgan fingerprint density at radius 1 is 1.50 bits per heavy atom. The maximum absolute atomic E-state index is 11.3. The molecule has 0 aliphatic heterocycles. The number of ketones is 1. The fraction of sp³-hybridized carbons (Fsp3) is 0.667. The first-order valence-electron chi connectivity index (χ1n) is 3.84.